The molecule has 1 aromatic carbocycles. The van der Waals surface area contributed by atoms with Crippen LogP contribution in [-0.2, 0) is 24.9 Å². The van der Waals surface area contributed by atoms with Gasteiger partial charge in [-0.2, -0.15) is 0 Å². The maximum absolute atomic E-state index is 12.2. The first-order valence-corrected chi connectivity index (χ1v) is 6.45. The molecule has 0 aliphatic carbocycles. The molecule has 0 unspecified atom stereocenters. The van der Waals surface area contributed by atoms with Gasteiger partial charge in [-0.25, -0.2) is 0 Å². The van der Waals surface area contributed by atoms with E-state index in [4.69, 9.17) is 4.99 Å². The molecule has 1 heterocycles. The van der Waals surface area contributed by atoms with Crippen molar-refractivity contribution < 1.29 is 24.9 Å². The molecule has 0 amide bonds. The number of nitrogens with zero attached hydrogens (tertiary/aromatic N) is 1. The van der Waals surface area contributed by atoms with Crippen molar-refractivity contribution in [2.45, 2.75) is 32.6 Å². The van der Waals surface area contributed by atoms with Crippen molar-refractivity contribution >= 4 is 22.6 Å². The van der Waals surface area contributed by atoms with Crippen molar-refractivity contribution in [1.82, 2.24) is 0 Å². The normalized spacial score (nSPS) is 20.9. The van der Waals surface area contributed by atoms with Gasteiger partial charge in [0.1, 0.15) is 0 Å². The van der Waals surface area contributed by atoms with Crippen LogP contribution in [0.25, 0.3) is 0 Å². The summed E-state index contributed by atoms with van der Waals surface area (Å²) in [5.41, 5.74) is 1.21. The van der Waals surface area contributed by atoms with Gasteiger partial charge in [-0.05, 0) is 19.6 Å². The Morgan fingerprint density at radius 1 is 1.22 bits per heavy atom. The molecule has 1 aliphatic heterocycles. The van der Waals surface area contributed by atoms with Gasteiger partial charge in [-0.1, -0.05) is 25.6 Å². The van der Waals surface area contributed by atoms with E-state index < -0.39 is 5.41 Å². The van der Waals surface area contributed by atoms with E-state index in [0.29, 0.717) is 0 Å². The first kappa shape index (κ1) is 15.6. The number of carbonyl (C=O) groups excluding carboxylic acids is 1. The van der Waals surface area contributed by atoms with Gasteiger partial charge in [0.05, 0.1) is 4.87 Å². The molecular formula is C14H16IrNOS-. The van der Waals surface area contributed by atoms with Gasteiger partial charge in [0.2, 0.25) is 0 Å². The molecule has 1 aliphatic rings. The number of thioether (sulfide) groups is 1. The van der Waals surface area contributed by atoms with Gasteiger partial charge >= 0.3 is 0 Å². The number of aliphatic imine (C=N–C) groups is 1. The fourth-order valence-electron chi connectivity index (χ4n) is 1.82. The van der Waals surface area contributed by atoms with Crippen LogP contribution in [0.5, 0.6) is 0 Å². The van der Waals surface area contributed by atoms with Gasteiger partial charge in [-0.15, -0.1) is 35.9 Å². The summed E-state index contributed by atoms with van der Waals surface area (Å²) in [6.07, 6.45) is 0. The molecule has 0 saturated heterocycles. The van der Waals surface area contributed by atoms with Crippen LogP contribution in [-0.4, -0.2) is 15.7 Å². The van der Waals surface area contributed by atoms with E-state index in [1.807, 2.05) is 52.0 Å². The predicted octanol–water partition coefficient (Wildman–Crippen LogP) is 3.31. The molecule has 1 aromatic rings. The Morgan fingerprint density at radius 2 is 1.89 bits per heavy atom. The molecule has 2 nitrogen and oxygen atoms in total. The van der Waals surface area contributed by atoms with E-state index in [1.165, 1.54) is 11.8 Å². The van der Waals surface area contributed by atoms with Crippen molar-refractivity contribution in [3.05, 3.63) is 35.9 Å². The minimum atomic E-state index is -0.544. The molecule has 2 rings (SSSR count). The SMILES string of the molecule is CC1(C)N=C(c2[c-]cccc2)C(C)(C)C(=O)S1.[Ir]. The van der Waals surface area contributed by atoms with Crippen LogP contribution in [0.4, 0.5) is 0 Å². The molecule has 1 radical (unpaired) electrons. The number of carbonyl (C=O) groups is 1. The summed E-state index contributed by atoms with van der Waals surface area (Å²) in [5.74, 6) is 0. The first-order valence-electron chi connectivity index (χ1n) is 5.64. The van der Waals surface area contributed by atoms with Gasteiger partial charge in [0.25, 0.3) is 0 Å². The third-order valence-corrected chi connectivity index (χ3v) is 4.08. The fourth-order valence-corrected chi connectivity index (χ4v) is 2.76. The monoisotopic (exact) mass is 439 g/mol. The molecule has 99 valence electrons. The minimum absolute atomic E-state index is 0. The topological polar surface area (TPSA) is 29.4 Å². The van der Waals surface area contributed by atoms with Gasteiger partial charge in [0.15, 0.2) is 5.12 Å². The average molecular weight is 439 g/mol. The second-order valence-corrected chi connectivity index (χ2v) is 6.77. The molecule has 0 atom stereocenters. The summed E-state index contributed by atoms with van der Waals surface area (Å²) < 4.78 is 0. The maximum Gasteiger partial charge on any atom is 0.194 e. The summed E-state index contributed by atoms with van der Waals surface area (Å²) in [4.78, 5) is 16.5. The zero-order valence-electron chi connectivity index (χ0n) is 10.9. The Kier molecular flexibility index (Phi) is 4.58. The van der Waals surface area contributed by atoms with Crippen LogP contribution < -0.4 is 0 Å². The van der Waals surface area contributed by atoms with Crippen LogP contribution in [0.2, 0.25) is 0 Å². The number of benzene rings is 1. The summed E-state index contributed by atoms with van der Waals surface area (Å²) >= 11 is 1.31. The minimum Gasteiger partial charge on any atom is -0.319 e. The first-order chi connectivity index (χ1) is 7.83. The smallest absolute Gasteiger partial charge is 0.194 e. The third kappa shape index (κ3) is 2.93. The summed E-state index contributed by atoms with van der Waals surface area (Å²) in [5, 5.41) is 0.171. The van der Waals surface area contributed by atoms with Crippen LogP contribution in [0.15, 0.2) is 29.3 Å². The predicted molar refractivity (Wildman–Crippen MR) is 72.3 cm³/mol. The van der Waals surface area contributed by atoms with E-state index >= 15 is 0 Å². The second kappa shape index (κ2) is 5.28. The quantitative estimate of drug-likeness (QED) is 0.630. The largest absolute Gasteiger partial charge is 0.319 e. The van der Waals surface area contributed by atoms with Gasteiger partial charge in [0, 0.05) is 25.5 Å². The summed E-state index contributed by atoms with van der Waals surface area (Å²) in [6, 6.07) is 10.8. The number of hydrogen-bond acceptors (Lipinski definition) is 3. The van der Waals surface area contributed by atoms with Gasteiger partial charge in [-0.3, -0.25) is 4.79 Å². The Balaban J connectivity index is 0.00000162. The van der Waals surface area contributed by atoms with Gasteiger partial charge < -0.3 is 4.99 Å². The maximum atomic E-state index is 12.2. The molecule has 0 fully saturated rings. The molecule has 4 heteroatoms. The van der Waals surface area contributed by atoms with Crippen molar-refractivity contribution in [1.29, 1.82) is 0 Å². The molecule has 0 bridgehead atoms. The standard InChI is InChI=1S/C14H16NOS.Ir/c1-13(2)11(10-8-6-5-7-9-10)15-14(3,4)17-12(13)16;/h5-8H,1-4H3;/q-1;. The fraction of sp³-hybridized carbons (Fsp3) is 0.429. The average Bonchev–Trinajstić information content (AvgIpc) is 2.25. The van der Waals surface area contributed by atoms with E-state index in [1.54, 1.807) is 0 Å². The molecule has 0 N–H and O–H groups in total. The van der Waals surface area contributed by atoms with E-state index in [9.17, 15) is 4.79 Å². The number of hydrogen-bond donors (Lipinski definition) is 0. The Morgan fingerprint density at radius 3 is 2.44 bits per heavy atom. The Labute approximate surface area is 126 Å². The molecule has 0 spiro atoms. The zero-order chi connectivity index (χ0) is 12.7. The summed E-state index contributed by atoms with van der Waals surface area (Å²) in [7, 11) is 0. The van der Waals surface area contributed by atoms with E-state index in [0.717, 1.165) is 11.3 Å². The molecule has 0 saturated carbocycles. The van der Waals surface area contributed by atoms with E-state index in [-0.39, 0.29) is 30.1 Å². The summed E-state index contributed by atoms with van der Waals surface area (Å²) in [6.45, 7) is 7.79. The third-order valence-electron chi connectivity index (χ3n) is 2.79. The second-order valence-electron chi connectivity index (χ2n) is 5.20. The Bertz CT molecular complexity index is 480. The molecular weight excluding hydrogens is 422 g/mol. The molecule has 18 heavy (non-hydrogen) atoms. The number of rotatable bonds is 1. The van der Waals surface area contributed by atoms with Crippen LogP contribution in [0, 0.1) is 11.5 Å². The zero-order valence-corrected chi connectivity index (χ0v) is 14.1. The van der Waals surface area contributed by atoms with Crippen LogP contribution >= 0.6 is 11.8 Å². The molecule has 0 aromatic heterocycles. The van der Waals surface area contributed by atoms with Crippen molar-refractivity contribution in [3.63, 3.8) is 0 Å². The van der Waals surface area contributed by atoms with Crippen LogP contribution in [0.3, 0.4) is 0 Å². The van der Waals surface area contributed by atoms with Crippen molar-refractivity contribution in [2.24, 2.45) is 10.4 Å². The van der Waals surface area contributed by atoms with E-state index in [2.05, 4.69) is 6.07 Å². The van der Waals surface area contributed by atoms with Crippen molar-refractivity contribution in [2.75, 3.05) is 0 Å². The van der Waals surface area contributed by atoms with Crippen LogP contribution in [0.1, 0.15) is 33.3 Å². The van der Waals surface area contributed by atoms with Crippen molar-refractivity contribution in [3.8, 4) is 0 Å². The Hall–Kier alpha value is -0.441.